The van der Waals surface area contributed by atoms with Crippen molar-refractivity contribution in [1.29, 1.82) is 0 Å². The van der Waals surface area contributed by atoms with Crippen LogP contribution in [-0.2, 0) is 6.42 Å². The number of nitrogens with one attached hydrogen (secondary N) is 1. The van der Waals surface area contributed by atoms with Crippen LogP contribution in [0.15, 0.2) is 24.3 Å². The van der Waals surface area contributed by atoms with Crippen molar-refractivity contribution in [3.8, 4) is 0 Å². The largest absolute Gasteiger partial charge is 0.271 e. The van der Waals surface area contributed by atoms with Gasteiger partial charge in [0.2, 0.25) is 0 Å². The van der Waals surface area contributed by atoms with E-state index in [2.05, 4.69) is 50.5 Å². The lowest BCUT2D eigenvalue weighted by atomic mass is 9.89. The molecule has 0 aliphatic carbocycles. The number of aryl methyl sites for hydroxylation is 2. The maximum atomic E-state index is 5.68. The molecule has 0 fully saturated rings. The minimum atomic E-state index is 0.435. The fourth-order valence-corrected chi connectivity index (χ4v) is 2.51. The second-order valence-corrected chi connectivity index (χ2v) is 4.81. The van der Waals surface area contributed by atoms with Gasteiger partial charge in [-0.2, -0.15) is 0 Å². The lowest BCUT2D eigenvalue weighted by molar-refractivity contribution is 0.321. The molecule has 0 aliphatic heterocycles. The Morgan fingerprint density at radius 3 is 2.35 bits per heavy atom. The summed E-state index contributed by atoms with van der Waals surface area (Å²) in [6.07, 6.45) is 4.62. The summed E-state index contributed by atoms with van der Waals surface area (Å²) in [4.78, 5) is 0. The van der Waals surface area contributed by atoms with Gasteiger partial charge in [0.05, 0.1) is 0 Å². The Bertz CT molecular complexity index is 318. The zero-order chi connectivity index (χ0) is 12.7. The van der Waals surface area contributed by atoms with E-state index in [-0.39, 0.29) is 0 Å². The molecule has 0 saturated heterocycles. The predicted octanol–water partition coefficient (Wildman–Crippen LogP) is 3.20. The number of hydrogen-bond acceptors (Lipinski definition) is 2. The Hall–Kier alpha value is -0.860. The van der Waals surface area contributed by atoms with Crippen LogP contribution >= 0.6 is 0 Å². The van der Waals surface area contributed by atoms with Crippen molar-refractivity contribution in [2.45, 2.75) is 52.5 Å². The van der Waals surface area contributed by atoms with E-state index >= 15 is 0 Å². The van der Waals surface area contributed by atoms with Crippen molar-refractivity contribution in [3.05, 3.63) is 35.4 Å². The lowest BCUT2D eigenvalue weighted by Crippen LogP contribution is -2.41. The van der Waals surface area contributed by atoms with Gasteiger partial charge in [0.1, 0.15) is 0 Å². The van der Waals surface area contributed by atoms with Crippen LogP contribution in [0, 0.1) is 12.8 Å². The molecule has 0 radical (unpaired) electrons. The number of hydrogen-bond donors (Lipinski definition) is 2. The van der Waals surface area contributed by atoms with Crippen LogP contribution in [0.1, 0.15) is 44.2 Å². The second kappa shape index (κ2) is 7.46. The van der Waals surface area contributed by atoms with Crippen LogP contribution in [0.4, 0.5) is 0 Å². The van der Waals surface area contributed by atoms with Gasteiger partial charge in [-0.05, 0) is 36.8 Å². The number of hydrazine groups is 1. The van der Waals surface area contributed by atoms with Gasteiger partial charge < -0.3 is 0 Å². The first-order valence-electron chi connectivity index (χ1n) is 6.73. The smallest absolute Gasteiger partial charge is 0.0241 e. The van der Waals surface area contributed by atoms with E-state index in [1.165, 1.54) is 24.0 Å². The topological polar surface area (TPSA) is 38.0 Å². The Labute approximate surface area is 106 Å². The summed E-state index contributed by atoms with van der Waals surface area (Å²) in [5, 5.41) is 0. The molecule has 0 saturated carbocycles. The molecule has 1 unspecified atom stereocenters. The first-order valence-corrected chi connectivity index (χ1v) is 6.73. The fourth-order valence-electron chi connectivity index (χ4n) is 2.51. The van der Waals surface area contributed by atoms with E-state index < -0.39 is 0 Å². The average molecular weight is 234 g/mol. The van der Waals surface area contributed by atoms with Gasteiger partial charge in [-0.3, -0.25) is 11.3 Å². The van der Waals surface area contributed by atoms with E-state index in [0.717, 1.165) is 12.8 Å². The molecule has 17 heavy (non-hydrogen) atoms. The van der Waals surface area contributed by atoms with Gasteiger partial charge in [-0.15, -0.1) is 0 Å². The van der Waals surface area contributed by atoms with Gasteiger partial charge in [0.15, 0.2) is 0 Å². The van der Waals surface area contributed by atoms with Crippen LogP contribution in [0.2, 0.25) is 0 Å². The standard InChI is InChI=1S/C15H26N2/c1-4-13(5-2)15(17-16)11-10-14-9-7-6-8-12(14)3/h6-9,13,15,17H,4-5,10-11,16H2,1-3H3. The third kappa shape index (κ3) is 4.14. The van der Waals surface area contributed by atoms with Crippen LogP contribution in [0.5, 0.6) is 0 Å². The molecule has 96 valence electrons. The molecule has 2 heteroatoms. The van der Waals surface area contributed by atoms with Crippen molar-refractivity contribution in [2.75, 3.05) is 0 Å². The first kappa shape index (κ1) is 14.2. The summed E-state index contributed by atoms with van der Waals surface area (Å²) in [5.74, 6) is 6.36. The molecule has 0 bridgehead atoms. The molecule has 1 rings (SSSR count). The molecule has 2 nitrogen and oxygen atoms in total. The molecule has 0 aromatic heterocycles. The first-order chi connectivity index (χ1) is 8.22. The Morgan fingerprint density at radius 2 is 1.82 bits per heavy atom. The van der Waals surface area contributed by atoms with Crippen molar-refractivity contribution in [3.63, 3.8) is 0 Å². The van der Waals surface area contributed by atoms with Crippen molar-refractivity contribution in [1.82, 2.24) is 5.43 Å². The highest BCUT2D eigenvalue weighted by Gasteiger charge is 2.16. The Kier molecular flexibility index (Phi) is 6.23. The molecular formula is C15H26N2. The SMILES string of the molecule is CCC(CC)C(CCc1ccccc1C)NN. The van der Waals surface area contributed by atoms with Gasteiger partial charge in [-0.25, -0.2) is 0 Å². The molecular weight excluding hydrogens is 208 g/mol. The molecule has 3 N–H and O–H groups in total. The van der Waals surface area contributed by atoms with Crippen molar-refractivity contribution >= 4 is 0 Å². The summed E-state index contributed by atoms with van der Waals surface area (Å²) >= 11 is 0. The number of rotatable bonds is 7. The van der Waals surface area contributed by atoms with Crippen LogP contribution < -0.4 is 11.3 Å². The fraction of sp³-hybridized carbons (Fsp3) is 0.600. The molecule has 1 aromatic rings. The molecule has 0 aliphatic rings. The zero-order valence-electron chi connectivity index (χ0n) is 11.4. The highest BCUT2D eigenvalue weighted by atomic mass is 15.2. The van der Waals surface area contributed by atoms with Gasteiger partial charge >= 0.3 is 0 Å². The maximum Gasteiger partial charge on any atom is 0.0241 e. The van der Waals surface area contributed by atoms with E-state index in [9.17, 15) is 0 Å². The minimum Gasteiger partial charge on any atom is -0.271 e. The maximum absolute atomic E-state index is 5.68. The molecule has 1 aromatic carbocycles. The third-order valence-corrected chi connectivity index (χ3v) is 3.82. The van der Waals surface area contributed by atoms with Crippen LogP contribution in [0.25, 0.3) is 0 Å². The van der Waals surface area contributed by atoms with Gasteiger partial charge in [0, 0.05) is 6.04 Å². The van der Waals surface area contributed by atoms with Gasteiger partial charge in [-0.1, -0.05) is 51.0 Å². The lowest BCUT2D eigenvalue weighted by Gasteiger charge is -2.24. The van der Waals surface area contributed by atoms with E-state index in [1.807, 2.05) is 0 Å². The summed E-state index contributed by atoms with van der Waals surface area (Å²) in [5.41, 5.74) is 5.82. The van der Waals surface area contributed by atoms with Crippen LogP contribution in [0.3, 0.4) is 0 Å². The normalized spacial score (nSPS) is 13.0. The Morgan fingerprint density at radius 1 is 1.18 bits per heavy atom. The average Bonchev–Trinajstić information content (AvgIpc) is 2.36. The summed E-state index contributed by atoms with van der Waals surface area (Å²) in [7, 11) is 0. The monoisotopic (exact) mass is 234 g/mol. The minimum absolute atomic E-state index is 0.435. The van der Waals surface area contributed by atoms with Crippen LogP contribution in [-0.4, -0.2) is 6.04 Å². The number of nitrogens with two attached hydrogens (primary N) is 1. The molecule has 0 heterocycles. The van der Waals surface area contributed by atoms with E-state index in [0.29, 0.717) is 12.0 Å². The van der Waals surface area contributed by atoms with Crippen molar-refractivity contribution in [2.24, 2.45) is 11.8 Å². The zero-order valence-corrected chi connectivity index (χ0v) is 11.4. The third-order valence-electron chi connectivity index (χ3n) is 3.82. The summed E-state index contributed by atoms with van der Waals surface area (Å²) < 4.78 is 0. The van der Waals surface area contributed by atoms with E-state index in [1.54, 1.807) is 0 Å². The quantitative estimate of drug-likeness (QED) is 0.561. The summed E-state index contributed by atoms with van der Waals surface area (Å²) in [6.45, 7) is 6.66. The highest BCUT2D eigenvalue weighted by Crippen LogP contribution is 2.18. The van der Waals surface area contributed by atoms with Gasteiger partial charge in [0.25, 0.3) is 0 Å². The Balaban J connectivity index is 2.56. The second-order valence-electron chi connectivity index (χ2n) is 4.81. The van der Waals surface area contributed by atoms with E-state index in [4.69, 9.17) is 5.84 Å². The highest BCUT2D eigenvalue weighted by molar-refractivity contribution is 5.25. The molecule has 0 amide bonds. The summed E-state index contributed by atoms with van der Waals surface area (Å²) in [6, 6.07) is 9.04. The molecule has 0 spiro atoms. The molecule has 1 atom stereocenters. The predicted molar refractivity (Wildman–Crippen MR) is 74.7 cm³/mol. The number of benzene rings is 1. The van der Waals surface area contributed by atoms with Crippen molar-refractivity contribution < 1.29 is 0 Å².